The molecule has 1 aromatic rings. The lowest BCUT2D eigenvalue weighted by atomic mass is 9.86. The third-order valence-corrected chi connectivity index (χ3v) is 5.24. The molecule has 0 radical (unpaired) electrons. The molecule has 2 rings (SSSR count). The molecule has 0 spiro atoms. The fraction of sp³-hybridized carbons (Fsp3) is 0.562. The number of hydrogen-bond donors (Lipinski definition) is 1. The van der Waals surface area contributed by atoms with Gasteiger partial charge >= 0.3 is 0 Å². The van der Waals surface area contributed by atoms with E-state index in [4.69, 9.17) is 0 Å². The number of carbonyl (C=O) groups is 1. The van der Waals surface area contributed by atoms with E-state index in [1.54, 1.807) is 0 Å². The zero-order chi connectivity index (χ0) is 16.5. The Balaban J connectivity index is 1.99. The zero-order valence-corrected chi connectivity index (χ0v) is 14.4. The van der Waals surface area contributed by atoms with Gasteiger partial charge in [-0.3, -0.25) is 4.79 Å². The van der Waals surface area contributed by atoms with Gasteiger partial charge in [-0.15, -0.1) is 0 Å². The number of carbonyl (C=O) groups excluding carboxylic acids is 1. The lowest BCUT2D eigenvalue weighted by molar-refractivity contribution is 0.0939. The number of nitrogens with one attached hydrogen (secondary N) is 1. The Morgan fingerprint density at radius 3 is 2.27 bits per heavy atom. The Hall–Kier alpha value is -1.40. The van der Waals surface area contributed by atoms with Crippen LogP contribution in [0.1, 0.15) is 43.1 Å². The van der Waals surface area contributed by atoms with Crippen LogP contribution >= 0.6 is 0 Å². The second-order valence-electron chi connectivity index (χ2n) is 6.91. The molecular weight excluding hydrogens is 300 g/mol. The van der Waals surface area contributed by atoms with E-state index in [1.807, 2.05) is 24.3 Å². The quantitative estimate of drug-likeness (QED) is 0.921. The van der Waals surface area contributed by atoms with Crippen LogP contribution in [0.5, 0.6) is 0 Å². The third-order valence-electron chi connectivity index (χ3n) is 3.97. The maximum atomic E-state index is 12.2. The summed E-state index contributed by atoms with van der Waals surface area (Å²) in [6.45, 7) is 7.19. The first kappa shape index (κ1) is 17.0. The lowest BCUT2D eigenvalue weighted by Crippen LogP contribution is -2.38. The Morgan fingerprint density at radius 2 is 1.82 bits per heavy atom. The normalized spacial score (nSPS) is 20.1. The molecule has 22 heavy (non-hydrogen) atoms. The summed E-state index contributed by atoms with van der Waals surface area (Å²) >= 11 is 0. The number of nitrogens with zero attached hydrogens (tertiary/aromatic N) is 1. The Morgan fingerprint density at radius 1 is 1.23 bits per heavy atom. The summed E-state index contributed by atoms with van der Waals surface area (Å²) in [5, 5.41) is 2.91. The van der Waals surface area contributed by atoms with Crippen molar-refractivity contribution in [2.45, 2.75) is 38.6 Å². The van der Waals surface area contributed by atoms with E-state index in [1.165, 1.54) is 16.1 Å². The van der Waals surface area contributed by atoms with Gasteiger partial charge in [0.15, 0.2) is 0 Å². The van der Waals surface area contributed by atoms with Crippen LogP contribution in [-0.4, -0.2) is 44.0 Å². The Labute approximate surface area is 132 Å². The molecule has 1 N–H and O–H groups in total. The first-order valence-electron chi connectivity index (χ1n) is 7.44. The van der Waals surface area contributed by atoms with Gasteiger partial charge in [0.25, 0.3) is 5.91 Å². The standard InChI is InChI=1S/C16H24N2O3S/c1-16(2,3)13-7-5-12(6-8-13)15(19)17-14-9-10-18(11-14)22(4,20)21/h5-8,14H,9-11H2,1-4H3,(H,17,19). The first-order valence-corrected chi connectivity index (χ1v) is 9.29. The molecule has 1 amide bonds. The van der Waals surface area contributed by atoms with Crippen LogP contribution < -0.4 is 5.32 Å². The van der Waals surface area contributed by atoms with Gasteiger partial charge in [-0.05, 0) is 29.5 Å². The molecule has 5 nitrogen and oxygen atoms in total. The van der Waals surface area contributed by atoms with Crippen LogP contribution in [0.15, 0.2) is 24.3 Å². The molecule has 0 bridgehead atoms. The summed E-state index contributed by atoms with van der Waals surface area (Å²) in [5.74, 6) is -0.152. The third kappa shape index (κ3) is 4.08. The van der Waals surface area contributed by atoms with Crippen molar-refractivity contribution in [2.75, 3.05) is 19.3 Å². The number of rotatable bonds is 3. The zero-order valence-electron chi connectivity index (χ0n) is 13.6. The molecule has 0 aliphatic carbocycles. The molecule has 1 aliphatic heterocycles. The largest absolute Gasteiger partial charge is 0.348 e. The van der Waals surface area contributed by atoms with E-state index < -0.39 is 10.0 Å². The van der Waals surface area contributed by atoms with Gasteiger partial charge < -0.3 is 5.32 Å². The number of hydrogen-bond acceptors (Lipinski definition) is 3. The van der Waals surface area contributed by atoms with Crippen molar-refractivity contribution in [3.8, 4) is 0 Å². The van der Waals surface area contributed by atoms with Crippen LogP contribution in [0, 0.1) is 0 Å². The average Bonchev–Trinajstić information content (AvgIpc) is 2.86. The molecule has 1 saturated heterocycles. The summed E-state index contributed by atoms with van der Waals surface area (Å²) in [4.78, 5) is 12.2. The molecule has 1 unspecified atom stereocenters. The minimum atomic E-state index is -3.18. The van der Waals surface area contributed by atoms with Gasteiger partial charge in [0.2, 0.25) is 10.0 Å². The second kappa shape index (κ2) is 6.01. The minimum Gasteiger partial charge on any atom is -0.348 e. The van der Waals surface area contributed by atoms with E-state index >= 15 is 0 Å². The minimum absolute atomic E-state index is 0.0520. The fourth-order valence-corrected chi connectivity index (χ4v) is 3.43. The molecule has 1 aliphatic rings. The van der Waals surface area contributed by atoms with Crippen molar-refractivity contribution in [1.82, 2.24) is 9.62 Å². The van der Waals surface area contributed by atoms with Crippen molar-refractivity contribution >= 4 is 15.9 Å². The van der Waals surface area contributed by atoms with Gasteiger partial charge in [0.1, 0.15) is 0 Å². The smallest absolute Gasteiger partial charge is 0.251 e. The molecule has 1 heterocycles. The van der Waals surface area contributed by atoms with Crippen molar-refractivity contribution in [3.63, 3.8) is 0 Å². The highest BCUT2D eigenvalue weighted by molar-refractivity contribution is 7.88. The van der Waals surface area contributed by atoms with Gasteiger partial charge in [-0.2, -0.15) is 0 Å². The van der Waals surface area contributed by atoms with E-state index in [9.17, 15) is 13.2 Å². The van der Waals surface area contributed by atoms with E-state index in [0.717, 1.165) is 0 Å². The van der Waals surface area contributed by atoms with Gasteiger partial charge in [-0.1, -0.05) is 32.9 Å². The van der Waals surface area contributed by atoms with Crippen LogP contribution in [0.25, 0.3) is 0 Å². The van der Waals surface area contributed by atoms with Crippen molar-refractivity contribution in [3.05, 3.63) is 35.4 Å². The molecule has 1 fully saturated rings. The molecular formula is C16H24N2O3S. The average molecular weight is 324 g/mol. The van der Waals surface area contributed by atoms with Gasteiger partial charge in [0, 0.05) is 24.7 Å². The number of amides is 1. The van der Waals surface area contributed by atoms with Crippen LogP contribution in [0.2, 0.25) is 0 Å². The SMILES string of the molecule is CC(C)(C)c1ccc(C(=O)NC2CCN(S(C)(=O)=O)C2)cc1. The number of sulfonamides is 1. The topological polar surface area (TPSA) is 66.5 Å². The monoisotopic (exact) mass is 324 g/mol. The highest BCUT2D eigenvalue weighted by atomic mass is 32.2. The summed E-state index contributed by atoms with van der Waals surface area (Å²) in [6, 6.07) is 7.45. The van der Waals surface area contributed by atoms with Crippen LogP contribution in [-0.2, 0) is 15.4 Å². The maximum Gasteiger partial charge on any atom is 0.251 e. The predicted molar refractivity (Wildman–Crippen MR) is 87.4 cm³/mol. The molecule has 1 atom stereocenters. The summed E-state index contributed by atoms with van der Waals surface area (Å²) in [5.41, 5.74) is 1.83. The fourth-order valence-electron chi connectivity index (χ4n) is 2.54. The van der Waals surface area contributed by atoms with E-state index in [0.29, 0.717) is 25.1 Å². The highest BCUT2D eigenvalue weighted by Crippen LogP contribution is 2.22. The van der Waals surface area contributed by atoms with Crippen molar-refractivity contribution < 1.29 is 13.2 Å². The van der Waals surface area contributed by atoms with Crippen LogP contribution in [0.3, 0.4) is 0 Å². The second-order valence-corrected chi connectivity index (χ2v) is 8.89. The van der Waals surface area contributed by atoms with E-state index in [-0.39, 0.29) is 17.4 Å². The maximum absolute atomic E-state index is 12.2. The Bertz CT molecular complexity index is 645. The molecule has 0 aromatic heterocycles. The van der Waals surface area contributed by atoms with Crippen molar-refractivity contribution in [1.29, 1.82) is 0 Å². The van der Waals surface area contributed by atoms with E-state index in [2.05, 4.69) is 26.1 Å². The van der Waals surface area contributed by atoms with Gasteiger partial charge in [-0.25, -0.2) is 12.7 Å². The summed E-state index contributed by atoms with van der Waals surface area (Å²) in [6.07, 6.45) is 1.85. The molecule has 0 saturated carbocycles. The van der Waals surface area contributed by atoms with Gasteiger partial charge in [0.05, 0.1) is 6.26 Å². The number of benzene rings is 1. The molecule has 1 aromatic carbocycles. The first-order chi connectivity index (χ1) is 10.1. The molecule has 122 valence electrons. The lowest BCUT2D eigenvalue weighted by Gasteiger charge is -2.19. The summed E-state index contributed by atoms with van der Waals surface area (Å²) in [7, 11) is -3.18. The van der Waals surface area contributed by atoms with Crippen molar-refractivity contribution in [2.24, 2.45) is 0 Å². The summed E-state index contributed by atoms with van der Waals surface area (Å²) < 4.78 is 24.4. The highest BCUT2D eigenvalue weighted by Gasteiger charge is 2.29. The predicted octanol–water partition coefficient (Wildman–Crippen LogP) is 1.75. The Kier molecular flexibility index (Phi) is 4.63. The molecule has 6 heteroatoms. The van der Waals surface area contributed by atoms with Crippen LogP contribution in [0.4, 0.5) is 0 Å².